The van der Waals surface area contributed by atoms with Crippen molar-refractivity contribution < 1.29 is 19.1 Å². The predicted octanol–water partition coefficient (Wildman–Crippen LogP) is 2.70. The molecule has 1 unspecified atom stereocenters. The lowest BCUT2D eigenvalue weighted by atomic mass is 10.1. The lowest BCUT2D eigenvalue weighted by molar-refractivity contribution is 0.0642. The maximum atomic E-state index is 12.9. The molecule has 2 aromatic carbocycles. The number of nitrogens with zero attached hydrogens (tertiary/aromatic N) is 2. The van der Waals surface area contributed by atoms with Crippen LogP contribution in [0.1, 0.15) is 56.4 Å². The molecule has 7 nitrogen and oxygen atoms in total. The molecule has 1 heterocycles. The number of nitrogens with one attached hydrogen (secondary N) is 1. The normalized spacial score (nSPS) is 16.5. The Bertz CT molecular complexity index is 996. The van der Waals surface area contributed by atoms with E-state index in [1.807, 2.05) is 0 Å². The van der Waals surface area contributed by atoms with Crippen molar-refractivity contribution in [2.75, 3.05) is 20.7 Å². The minimum atomic E-state index is -0.320. The summed E-state index contributed by atoms with van der Waals surface area (Å²) < 4.78 is 5.37. The standard InChI is InChI=1S/C24H27N3O4/c1-15(26(2)17-9-10-17)13-25-22(28)20-12-16(8-11-21(20)31-3)14-27-23(29)18-6-4-5-7-19(18)24(27)30/h4-8,11-12,15,17H,9-10,13-14H2,1-3H3,(H,25,28). The molecule has 1 atom stereocenters. The molecule has 0 spiro atoms. The van der Waals surface area contributed by atoms with Crippen LogP contribution in [0.2, 0.25) is 0 Å². The van der Waals surface area contributed by atoms with Gasteiger partial charge in [0.05, 0.1) is 30.3 Å². The maximum absolute atomic E-state index is 12.9. The quantitative estimate of drug-likeness (QED) is 0.663. The van der Waals surface area contributed by atoms with E-state index < -0.39 is 0 Å². The fourth-order valence-electron chi connectivity index (χ4n) is 3.92. The van der Waals surface area contributed by atoms with Crippen LogP contribution in [-0.2, 0) is 6.54 Å². The molecule has 3 amide bonds. The summed E-state index contributed by atoms with van der Waals surface area (Å²) in [6, 6.07) is 12.8. The van der Waals surface area contributed by atoms with Crippen LogP contribution in [0, 0.1) is 0 Å². The van der Waals surface area contributed by atoms with Gasteiger partial charge in [-0.15, -0.1) is 0 Å². The molecular weight excluding hydrogens is 394 g/mol. The van der Waals surface area contributed by atoms with Crippen molar-refractivity contribution in [2.24, 2.45) is 0 Å². The second kappa shape index (κ2) is 8.51. The van der Waals surface area contributed by atoms with Crippen molar-refractivity contribution in [1.29, 1.82) is 0 Å². The van der Waals surface area contributed by atoms with Crippen molar-refractivity contribution in [3.05, 3.63) is 64.7 Å². The Morgan fingerprint density at radius 1 is 1.16 bits per heavy atom. The van der Waals surface area contributed by atoms with Crippen molar-refractivity contribution in [3.8, 4) is 5.75 Å². The van der Waals surface area contributed by atoms with E-state index >= 15 is 0 Å². The number of likely N-dealkylation sites (N-methyl/N-ethyl adjacent to an activating group) is 1. The van der Waals surface area contributed by atoms with E-state index in [4.69, 9.17) is 4.74 Å². The van der Waals surface area contributed by atoms with Crippen LogP contribution in [0.4, 0.5) is 0 Å². The molecule has 1 saturated carbocycles. The molecule has 1 aliphatic heterocycles. The van der Waals surface area contributed by atoms with E-state index in [1.54, 1.807) is 42.5 Å². The van der Waals surface area contributed by atoms with E-state index in [-0.39, 0.29) is 30.3 Å². The van der Waals surface area contributed by atoms with Gasteiger partial charge < -0.3 is 10.1 Å². The van der Waals surface area contributed by atoms with Crippen LogP contribution in [0.5, 0.6) is 5.75 Å². The Morgan fingerprint density at radius 2 is 1.81 bits per heavy atom. The molecule has 0 radical (unpaired) electrons. The van der Waals surface area contributed by atoms with Gasteiger partial charge in [0.1, 0.15) is 5.75 Å². The van der Waals surface area contributed by atoms with Gasteiger partial charge in [0, 0.05) is 18.6 Å². The minimum Gasteiger partial charge on any atom is -0.496 e. The number of imide groups is 1. The van der Waals surface area contributed by atoms with Crippen LogP contribution < -0.4 is 10.1 Å². The first kappa shape index (κ1) is 21.1. The molecule has 4 rings (SSSR count). The van der Waals surface area contributed by atoms with E-state index in [2.05, 4.69) is 24.2 Å². The topological polar surface area (TPSA) is 78.9 Å². The predicted molar refractivity (Wildman–Crippen MR) is 116 cm³/mol. The van der Waals surface area contributed by atoms with Gasteiger partial charge >= 0.3 is 0 Å². The van der Waals surface area contributed by atoms with Crippen molar-refractivity contribution in [1.82, 2.24) is 15.1 Å². The number of rotatable bonds is 8. The molecule has 31 heavy (non-hydrogen) atoms. The Balaban J connectivity index is 1.48. The largest absolute Gasteiger partial charge is 0.496 e. The van der Waals surface area contributed by atoms with Crippen LogP contribution in [0.25, 0.3) is 0 Å². The highest BCUT2D eigenvalue weighted by Crippen LogP contribution is 2.28. The summed E-state index contributed by atoms with van der Waals surface area (Å²) in [5, 5.41) is 2.98. The van der Waals surface area contributed by atoms with Crippen molar-refractivity contribution in [2.45, 2.75) is 38.4 Å². The average Bonchev–Trinajstić information content (AvgIpc) is 3.61. The van der Waals surface area contributed by atoms with Crippen LogP contribution in [0.3, 0.4) is 0 Å². The first-order valence-corrected chi connectivity index (χ1v) is 10.5. The zero-order valence-electron chi connectivity index (χ0n) is 18.1. The number of benzene rings is 2. The average molecular weight is 421 g/mol. The van der Waals surface area contributed by atoms with Gasteiger partial charge in [0.2, 0.25) is 0 Å². The summed E-state index contributed by atoms with van der Waals surface area (Å²) >= 11 is 0. The molecular formula is C24H27N3O4. The van der Waals surface area contributed by atoms with Gasteiger partial charge in [0.15, 0.2) is 0 Å². The van der Waals surface area contributed by atoms with E-state index in [1.165, 1.54) is 24.9 Å². The highest BCUT2D eigenvalue weighted by Gasteiger charge is 2.35. The summed E-state index contributed by atoms with van der Waals surface area (Å²) in [4.78, 5) is 41.7. The summed E-state index contributed by atoms with van der Waals surface area (Å²) in [6.45, 7) is 2.71. The monoisotopic (exact) mass is 421 g/mol. The first-order chi connectivity index (χ1) is 14.9. The number of ether oxygens (including phenoxy) is 1. The van der Waals surface area contributed by atoms with Crippen molar-refractivity contribution >= 4 is 17.7 Å². The van der Waals surface area contributed by atoms with Crippen LogP contribution in [-0.4, -0.2) is 60.3 Å². The smallest absolute Gasteiger partial charge is 0.261 e. The van der Waals surface area contributed by atoms with E-state index in [0.29, 0.717) is 40.6 Å². The van der Waals surface area contributed by atoms with Gasteiger partial charge in [-0.05, 0) is 56.6 Å². The molecule has 0 aromatic heterocycles. The number of hydrogen-bond donors (Lipinski definition) is 1. The third-order valence-electron chi connectivity index (χ3n) is 6.10. The summed E-state index contributed by atoms with van der Waals surface area (Å²) in [7, 11) is 3.59. The van der Waals surface area contributed by atoms with E-state index in [9.17, 15) is 14.4 Å². The van der Waals surface area contributed by atoms with E-state index in [0.717, 1.165) is 0 Å². The Labute approximate surface area is 182 Å². The maximum Gasteiger partial charge on any atom is 0.261 e. The summed E-state index contributed by atoms with van der Waals surface area (Å²) in [5.41, 5.74) is 1.89. The van der Waals surface area contributed by atoms with Gasteiger partial charge in [0.25, 0.3) is 17.7 Å². The number of methoxy groups -OCH3 is 1. The summed E-state index contributed by atoms with van der Waals surface area (Å²) in [5.74, 6) is -0.428. The fourth-order valence-corrected chi connectivity index (χ4v) is 3.92. The Hall–Kier alpha value is -3.19. The Kier molecular flexibility index (Phi) is 5.78. The summed E-state index contributed by atoms with van der Waals surface area (Å²) in [6.07, 6.45) is 2.42. The van der Waals surface area contributed by atoms with Crippen LogP contribution in [0.15, 0.2) is 42.5 Å². The molecule has 7 heteroatoms. The molecule has 2 aromatic rings. The lowest BCUT2D eigenvalue weighted by Gasteiger charge is -2.24. The number of amides is 3. The van der Waals surface area contributed by atoms with Gasteiger partial charge in [-0.2, -0.15) is 0 Å². The minimum absolute atomic E-state index is 0.0947. The highest BCUT2D eigenvalue weighted by atomic mass is 16.5. The zero-order chi connectivity index (χ0) is 22.1. The molecule has 0 bridgehead atoms. The molecule has 2 aliphatic rings. The first-order valence-electron chi connectivity index (χ1n) is 10.5. The number of hydrogen-bond acceptors (Lipinski definition) is 5. The molecule has 162 valence electrons. The number of carbonyl (C=O) groups is 3. The SMILES string of the molecule is COc1ccc(CN2C(=O)c3ccccc3C2=O)cc1C(=O)NCC(C)N(C)C1CC1. The third-order valence-corrected chi connectivity index (χ3v) is 6.10. The number of carbonyl (C=O) groups excluding carboxylic acids is 3. The molecule has 1 N–H and O–H groups in total. The Morgan fingerprint density at radius 3 is 2.39 bits per heavy atom. The zero-order valence-corrected chi connectivity index (χ0v) is 18.1. The third kappa shape index (κ3) is 4.18. The van der Waals surface area contributed by atoms with Gasteiger partial charge in [-0.25, -0.2) is 0 Å². The van der Waals surface area contributed by atoms with Gasteiger partial charge in [-0.1, -0.05) is 18.2 Å². The highest BCUT2D eigenvalue weighted by molar-refractivity contribution is 6.21. The second-order valence-corrected chi connectivity index (χ2v) is 8.23. The molecule has 1 fully saturated rings. The molecule has 1 aliphatic carbocycles. The van der Waals surface area contributed by atoms with Gasteiger partial charge in [-0.3, -0.25) is 24.2 Å². The fraction of sp³-hybridized carbons (Fsp3) is 0.375. The second-order valence-electron chi connectivity index (χ2n) is 8.23. The van der Waals surface area contributed by atoms with Crippen molar-refractivity contribution in [3.63, 3.8) is 0 Å². The van der Waals surface area contributed by atoms with Crippen LogP contribution >= 0.6 is 0 Å². The lowest BCUT2D eigenvalue weighted by Crippen LogP contribution is -2.41. The molecule has 0 saturated heterocycles. The number of fused-ring (bicyclic) bond motifs is 1.